The molecule has 2 aromatic rings. The number of pyridine rings is 2. The van der Waals surface area contributed by atoms with Gasteiger partial charge in [0.05, 0.1) is 5.57 Å². The number of aromatic nitrogens is 2. The van der Waals surface area contributed by atoms with Crippen LogP contribution in [0, 0.1) is 5.92 Å². The Hall–Kier alpha value is -2.60. The van der Waals surface area contributed by atoms with E-state index >= 15 is 0 Å². The molecule has 0 aliphatic heterocycles. The van der Waals surface area contributed by atoms with Crippen LogP contribution in [-0.4, -0.2) is 20.7 Å². The van der Waals surface area contributed by atoms with Crippen molar-refractivity contribution in [1.82, 2.24) is 15.3 Å². The van der Waals surface area contributed by atoms with Gasteiger partial charge in [0.2, 0.25) is 0 Å². The number of ketones is 1. The van der Waals surface area contributed by atoms with Crippen LogP contribution in [0.15, 0.2) is 60.2 Å². The van der Waals surface area contributed by atoms with E-state index < -0.39 is 0 Å². The van der Waals surface area contributed by atoms with Crippen LogP contribution in [0.4, 0.5) is 5.82 Å². The summed E-state index contributed by atoms with van der Waals surface area (Å²) in [5.41, 5.74) is 2.58. The lowest BCUT2D eigenvalue weighted by atomic mass is 9.87. The van der Waals surface area contributed by atoms with Crippen LogP contribution in [0.5, 0.6) is 0 Å². The van der Waals surface area contributed by atoms with Gasteiger partial charge in [0.1, 0.15) is 10.8 Å². The van der Waals surface area contributed by atoms with Crippen LogP contribution >= 0.6 is 12.2 Å². The van der Waals surface area contributed by atoms with Crippen molar-refractivity contribution >= 4 is 28.8 Å². The highest BCUT2D eigenvalue weighted by Crippen LogP contribution is 2.27. The zero-order valence-corrected chi connectivity index (χ0v) is 14.8. The molecule has 0 radical (unpaired) electrons. The number of rotatable bonds is 5. The second-order valence-corrected chi connectivity index (χ2v) is 6.58. The fraction of sp³-hybridized carbons (Fsp3) is 0.263. The number of thiocarbonyl (C=S) groups is 1. The van der Waals surface area contributed by atoms with Gasteiger partial charge in [-0.3, -0.25) is 9.78 Å². The molecule has 6 heteroatoms. The van der Waals surface area contributed by atoms with E-state index in [0.29, 0.717) is 35.3 Å². The molecule has 1 aliphatic rings. The molecule has 25 heavy (non-hydrogen) atoms. The Morgan fingerprint density at radius 1 is 1.20 bits per heavy atom. The predicted octanol–water partition coefficient (Wildman–Crippen LogP) is 3.26. The van der Waals surface area contributed by atoms with Gasteiger partial charge in [-0.2, -0.15) is 0 Å². The first-order valence-corrected chi connectivity index (χ1v) is 8.66. The molecule has 3 rings (SSSR count). The lowest BCUT2D eigenvalue weighted by molar-refractivity contribution is -0.116. The Morgan fingerprint density at radius 3 is 2.72 bits per heavy atom. The normalized spacial score (nSPS) is 17.3. The smallest absolute Gasteiger partial charge is 0.167 e. The van der Waals surface area contributed by atoms with Crippen LogP contribution in [0.1, 0.15) is 25.3 Å². The van der Waals surface area contributed by atoms with E-state index in [1.807, 2.05) is 30.3 Å². The molecule has 1 aliphatic carbocycles. The highest BCUT2D eigenvalue weighted by molar-refractivity contribution is 7.81. The summed E-state index contributed by atoms with van der Waals surface area (Å²) < 4.78 is 0. The maximum Gasteiger partial charge on any atom is 0.167 e. The molecule has 2 heterocycles. The Labute approximate surface area is 152 Å². The first kappa shape index (κ1) is 17.2. The predicted molar refractivity (Wildman–Crippen MR) is 102 cm³/mol. The molecule has 0 saturated heterocycles. The minimum Gasteiger partial charge on any atom is -0.384 e. The SMILES string of the molecule is CC1CC(=O)C(C(=S)Nc2ccccn2)=C(NCc2ccncc2)C1. The fourth-order valence-corrected chi connectivity index (χ4v) is 3.20. The maximum absolute atomic E-state index is 12.6. The summed E-state index contributed by atoms with van der Waals surface area (Å²) in [6.07, 6.45) is 6.52. The molecule has 1 unspecified atom stereocenters. The Bertz CT molecular complexity index is 790. The van der Waals surface area contributed by atoms with E-state index in [-0.39, 0.29) is 5.78 Å². The summed E-state index contributed by atoms with van der Waals surface area (Å²) in [5.74, 6) is 1.01. The Kier molecular flexibility index (Phi) is 5.50. The second-order valence-electron chi connectivity index (χ2n) is 6.17. The van der Waals surface area contributed by atoms with Crippen LogP contribution in [0.2, 0.25) is 0 Å². The highest BCUT2D eigenvalue weighted by Gasteiger charge is 2.28. The van der Waals surface area contributed by atoms with Crippen molar-refractivity contribution in [2.45, 2.75) is 26.3 Å². The summed E-state index contributed by atoms with van der Waals surface area (Å²) in [6.45, 7) is 2.71. The Balaban J connectivity index is 1.81. The molecule has 0 fully saturated rings. The number of allylic oxidation sites excluding steroid dienone is 1. The van der Waals surface area contributed by atoms with Crippen LogP contribution in [0.3, 0.4) is 0 Å². The van der Waals surface area contributed by atoms with Gasteiger partial charge in [-0.15, -0.1) is 0 Å². The van der Waals surface area contributed by atoms with Gasteiger partial charge in [-0.05, 0) is 42.2 Å². The average Bonchev–Trinajstić information content (AvgIpc) is 2.61. The van der Waals surface area contributed by atoms with E-state index in [1.165, 1.54) is 0 Å². The van der Waals surface area contributed by atoms with Gasteiger partial charge in [-0.25, -0.2) is 4.98 Å². The van der Waals surface area contributed by atoms with Crippen molar-refractivity contribution in [1.29, 1.82) is 0 Å². The molecule has 0 aromatic carbocycles. The van der Waals surface area contributed by atoms with Crippen molar-refractivity contribution in [3.8, 4) is 0 Å². The number of anilines is 1. The van der Waals surface area contributed by atoms with Gasteiger partial charge in [0.25, 0.3) is 0 Å². The summed E-state index contributed by atoms with van der Waals surface area (Å²) in [6, 6.07) is 9.44. The monoisotopic (exact) mass is 352 g/mol. The number of nitrogens with one attached hydrogen (secondary N) is 2. The summed E-state index contributed by atoms with van der Waals surface area (Å²) in [4.78, 5) is 21.3. The van der Waals surface area contributed by atoms with Crippen molar-refractivity contribution < 1.29 is 4.79 Å². The van der Waals surface area contributed by atoms with Crippen molar-refractivity contribution in [2.75, 3.05) is 5.32 Å². The number of nitrogens with zero attached hydrogens (tertiary/aromatic N) is 2. The van der Waals surface area contributed by atoms with Crippen LogP contribution in [0.25, 0.3) is 0 Å². The zero-order valence-electron chi connectivity index (χ0n) is 14.0. The van der Waals surface area contributed by atoms with Crippen LogP contribution in [-0.2, 0) is 11.3 Å². The first-order chi connectivity index (χ1) is 12.1. The summed E-state index contributed by atoms with van der Waals surface area (Å²) in [5, 5.41) is 6.48. The molecule has 0 bridgehead atoms. The molecule has 0 saturated carbocycles. The van der Waals surface area contributed by atoms with Gasteiger partial charge in [0, 0.05) is 37.3 Å². The second kappa shape index (κ2) is 7.98. The van der Waals surface area contributed by atoms with Crippen LogP contribution < -0.4 is 10.6 Å². The summed E-state index contributed by atoms with van der Waals surface area (Å²) >= 11 is 5.50. The molecule has 0 spiro atoms. The molecule has 1 atom stereocenters. The van der Waals surface area contributed by atoms with E-state index in [9.17, 15) is 4.79 Å². The topological polar surface area (TPSA) is 66.9 Å². The minimum atomic E-state index is 0.0735. The number of hydrogen-bond acceptors (Lipinski definition) is 5. The number of carbonyl (C=O) groups is 1. The number of hydrogen-bond donors (Lipinski definition) is 2. The third kappa shape index (κ3) is 4.48. The third-order valence-electron chi connectivity index (χ3n) is 4.06. The molecular weight excluding hydrogens is 332 g/mol. The van der Waals surface area contributed by atoms with Crippen molar-refractivity contribution in [3.63, 3.8) is 0 Å². The van der Waals surface area contributed by atoms with Gasteiger partial charge >= 0.3 is 0 Å². The van der Waals surface area contributed by atoms with Gasteiger partial charge in [-0.1, -0.05) is 25.2 Å². The average molecular weight is 352 g/mol. The molecule has 5 nitrogen and oxygen atoms in total. The van der Waals surface area contributed by atoms with E-state index in [1.54, 1.807) is 18.6 Å². The molecule has 2 aromatic heterocycles. The van der Waals surface area contributed by atoms with Crippen molar-refractivity contribution in [2.24, 2.45) is 5.92 Å². The number of carbonyl (C=O) groups excluding carboxylic acids is 1. The molecule has 128 valence electrons. The minimum absolute atomic E-state index is 0.0735. The lowest BCUT2D eigenvalue weighted by Gasteiger charge is -2.25. The van der Waals surface area contributed by atoms with E-state index in [4.69, 9.17) is 12.2 Å². The summed E-state index contributed by atoms with van der Waals surface area (Å²) in [7, 11) is 0. The lowest BCUT2D eigenvalue weighted by Crippen LogP contribution is -2.31. The van der Waals surface area contributed by atoms with Gasteiger partial charge < -0.3 is 10.6 Å². The Morgan fingerprint density at radius 2 is 2.00 bits per heavy atom. The van der Waals surface area contributed by atoms with E-state index in [0.717, 1.165) is 17.7 Å². The maximum atomic E-state index is 12.6. The van der Waals surface area contributed by atoms with Crippen molar-refractivity contribution in [3.05, 3.63) is 65.8 Å². The van der Waals surface area contributed by atoms with E-state index in [2.05, 4.69) is 27.5 Å². The quantitative estimate of drug-likeness (QED) is 0.805. The standard InChI is InChI=1S/C19H20N4OS/c1-13-10-15(22-12-14-5-8-20-9-6-14)18(16(24)11-13)19(25)23-17-4-2-3-7-21-17/h2-9,13,22H,10-12H2,1H3,(H,21,23,25). The number of Topliss-reactive ketones (excluding diaryl/α,β-unsaturated/α-hetero) is 1. The zero-order chi connectivity index (χ0) is 17.6. The molecule has 2 N–H and O–H groups in total. The highest BCUT2D eigenvalue weighted by atomic mass is 32.1. The third-order valence-corrected chi connectivity index (χ3v) is 4.36. The fourth-order valence-electron chi connectivity index (χ4n) is 2.86. The first-order valence-electron chi connectivity index (χ1n) is 8.25. The molecular formula is C19H20N4OS. The molecule has 0 amide bonds. The largest absolute Gasteiger partial charge is 0.384 e. The van der Waals surface area contributed by atoms with Gasteiger partial charge in [0.15, 0.2) is 5.78 Å².